The van der Waals surface area contributed by atoms with Gasteiger partial charge in [0.2, 0.25) is 24.8 Å². The second kappa shape index (κ2) is 21.1. The van der Waals surface area contributed by atoms with Gasteiger partial charge in [0.25, 0.3) is 0 Å². The van der Waals surface area contributed by atoms with Gasteiger partial charge in [0.05, 0.1) is 0 Å². The minimum Gasteiger partial charge on any atom is -0.463 e. The monoisotopic (exact) mass is 846 g/mol. The highest BCUT2D eigenvalue weighted by atomic mass is 16.7. The minimum atomic E-state index is -1.44. The quantitative estimate of drug-likeness (QED) is 0.184. The van der Waals surface area contributed by atoms with Gasteiger partial charge in [-0.2, -0.15) is 0 Å². The van der Waals surface area contributed by atoms with E-state index in [4.69, 9.17) is 56.8 Å². The lowest BCUT2D eigenvalue weighted by atomic mass is 9.98. The fourth-order valence-electron chi connectivity index (χ4n) is 6.29. The summed E-state index contributed by atoms with van der Waals surface area (Å²) >= 11 is 0. The summed E-state index contributed by atoms with van der Waals surface area (Å²) in [6.07, 6.45) is -13.7. The Morgan fingerprint density at radius 1 is 0.383 bits per heavy atom. The molecule has 0 aliphatic carbocycles. The Hall–Kier alpha value is -6.28. The van der Waals surface area contributed by atoms with Crippen molar-refractivity contribution in [1.82, 2.24) is 0 Å². The molecule has 0 radical (unpaired) electrons. The van der Waals surface area contributed by atoms with Gasteiger partial charge >= 0.3 is 47.8 Å². The molecule has 10 atom stereocenters. The summed E-state index contributed by atoms with van der Waals surface area (Å²) in [5.41, 5.74) is 1.37. The number of benzene rings is 2. The molecule has 2 aromatic carbocycles. The molecule has 2 saturated heterocycles. The third-order valence-electron chi connectivity index (χ3n) is 8.44. The first-order chi connectivity index (χ1) is 28.3. The van der Waals surface area contributed by atoms with E-state index in [9.17, 15) is 38.4 Å². The number of carbonyl (C=O) groups excluding carboxylic acids is 8. The summed E-state index contributed by atoms with van der Waals surface area (Å²) < 4.78 is 67.0. The van der Waals surface area contributed by atoms with E-state index >= 15 is 0 Å². The third kappa shape index (κ3) is 13.4. The maximum atomic E-state index is 12.2. The van der Waals surface area contributed by atoms with Crippen LogP contribution in [0.15, 0.2) is 48.5 Å². The van der Waals surface area contributed by atoms with E-state index in [0.29, 0.717) is 11.1 Å². The van der Waals surface area contributed by atoms with Crippen molar-refractivity contribution in [1.29, 1.82) is 0 Å². The maximum absolute atomic E-state index is 12.2. The standard InChI is InChI=1S/C40H46O20/c1-19(41)49-17-31-33(51-21(3)43)35(53-23(5)45)37(55-25(7)47)39(59-31)57-29-13-9-27(10-14-29)28-11-15-30(16-12-28)58-40-38(56-26(8)48)36(54-24(6)46)34(52-22(4)44)32(60-40)18-50-20(2)42/h9-16,31-40H,17-18H2,1-8H3/t31-,32-,33+,34+,35+,36+,37-,38-,39+,40+/m1/s1. The molecular formula is C40H46O20. The molecule has 2 aliphatic heterocycles. The highest BCUT2D eigenvalue weighted by Crippen LogP contribution is 2.34. The summed E-state index contributed by atoms with van der Waals surface area (Å²) in [4.78, 5) is 96.1. The Morgan fingerprint density at radius 3 is 0.917 bits per heavy atom. The van der Waals surface area contributed by atoms with Crippen molar-refractivity contribution in [3.63, 3.8) is 0 Å². The normalized spacial score (nSPS) is 25.9. The Morgan fingerprint density at radius 2 is 0.650 bits per heavy atom. The van der Waals surface area contributed by atoms with Crippen molar-refractivity contribution in [3.8, 4) is 22.6 Å². The number of rotatable bonds is 15. The summed E-state index contributed by atoms with van der Waals surface area (Å²) in [5.74, 6) is -5.61. The van der Waals surface area contributed by atoms with Gasteiger partial charge in [-0.25, -0.2) is 0 Å². The first kappa shape index (κ1) is 46.4. The lowest BCUT2D eigenvalue weighted by Crippen LogP contribution is -2.63. The van der Waals surface area contributed by atoms with E-state index in [2.05, 4.69) is 0 Å². The zero-order valence-electron chi connectivity index (χ0n) is 34.0. The molecule has 0 unspecified atom stereocenters. The second-order valence-electron chi connectivity index (χ2n) is 13.4. The highest BCUT2D eigenvalue weighted by Gasteiger charge is 2.55. The third-order valence-corrected chi connectivity index (χ3v) is 8.44. The molecule has 0 aromatic heterocycles. The second-order valence-corrected chi connectivity index (χ2v) is 13.4. The first-order valence-electron chi connectivity index (χ1n) is 18.5. The molecule has 2 heterocycles. The molecular weight excluding hydrogens is 800 g/mol. The molecule has 20 nitrogen and oxygen atoms in total. The predicted octanol–water partition coefficient (Wildman–Crippen LogP) is 2.28. The summed E-state index contributed by atoms with van der Waals surface area (Å²) in [7, 11) is 0. The highest BCUT2D eigenvalue weighted by molar-refractivity contribution is 5.70. The fraction of sp³-hybridized carbons (Fsp3) is 0.500. The van der Waals surface area contributed by atoms with Crippen LogP contribution in [0, 0.1) is 0 Å². The summed E-state index contributed by atoms with van der Waals surface area (Å²) in [6.45, 7) is 8.13. The average molecular weight is 847 g/mol. The van der Waals surface area contributed by atoms with Crippen LogP contribution in [0.2, 0.25) is 0 Å². The van der Waals surface area contributed by atoms with Crippen LogP contribution in [-0.2, 0) is 85.7 Å². The van der Waals surface area contributed by atoms with E-state index in [0.717, 1.165) is 55.4 Å². The Balaban J connectivity index is 1.57. The van der Waals surface area contributed by atoms with Gasteiger partial charge in [-0.15, -0.1) is 0 Å². The zero-order valence-corrected chi connectivity index (χ0v) is 34.0. The van der Waals surface area contributed by atoms with Gasteiger partial charge in [-0.1, -0.05) is 24.3 Å². The molecule has 2 aliphatic rings. The number of ether oxygens (including phenoxy) is 12. The Kier molecular flexibility index (Phi) is 16.3. The Bertz CT molecular complexity index is 1740. The van der Waals surface area contributed by atoms with Crippen molar-refractivity contribution >= 4 is 47.8 Å². The molecule has 20 heteroatoms. The minimum absolute atomic E-state index is 0.211. The van der Waals surface area contributed by atoms with E-state index in [-0.39, 0.29) is 11.5 Å². The summed E-state index contributed by atoms with van der Waals surface area (Å²) in [6, 6.07) is 13.1. The summed E-state index contributed by atoms with van der Waals surface area (Å²) in [5, 5.41) is 0. The molecule has 4 rings (SSSR count). The zero-order chi connectivity index (χ0) is 44.3. The van der Waals surface area contributed by atoms with Crippen molar-refractivity contribution in [2.75, 3.05) is 13.2 Å². The van der Waals surface area contributed by atoms with Crippen LogP contribution in [-0.4, -0.2) is 122 Å². The van der Waals surface area contributed by atoms with E-state index in [1.807, 2.05) is 0 Å². The van der Waals surface area contributed by atoms with Gasteiger partial charge in [0.1, 0.15) is 36.9 Å². The molecule has 0 amide bonds. The average Bonchev–Trinajstić information content (AvgIpc) is 3.14. The van der Waals surface area contributed by atoms with Crippen LogP contribution in [0.4, 0.5) is 0 Å². The van der Waals surface area contributed by atoms with Crippen LogP contribution in [0.5, 0.6) is 11.5 Å². The molecule has 2 fully saturated rings. The van der Waals surface area contributed by atoms with E-state index < -0.39 is 122 Å². The number of hydrogen-bond acceptors (Lipinski definition) is 20. The molecule has 0 N–H and O–H groups in total. The SMILES string of the molecule is CC(=O)OC[C@H]1O[C@H](Oc2ccc(-c3ccc(O[C@H]4O[C@H](COC(C)=O)[C@H](OC(C)=O)[C@H](OC(C)=O)[C@H]4OC(C)=O)cc3)cc2)[C@H](OC(C)=O)[C@@H](OC(C)=O)[C@H]1OC(C)=O. The maximum Gasteiger partial charge on any atom is 0.303 e. The van der Waals surface area contributed by atoms with Crippen LogP contribution < -0.4 is 9.47 Å². The van der Waals surface area contributed by atoms with Crippen molar-refractivity contribution < 1.29 is 95.2 Å². The predicted molar refractivity (Wildman–Crippen MR) is 197 cm³/mol. The van der Waals surface area contributed by atoms with Gasteiger partial charge in [-0.3, -0.25) is 38.4 Å². The van der Waals surface area contributed by atoms with Crippen molar-refractivity contribution in [2.45, 2.75) is 117 Å². The van der Waals surface area contributed by atoms with Crippen LogP contribution in [0.3, 0.4) is 0 Å². The van der Waals surface area contributed by atoms with E-state index in [1.165, 1.54) is 0 Å². The van der Waals surface area contributed by atoms with E-state index in [1.54, 1.807) is 48.5 Å². The lowest BCUT2D eigenvalue weighted by Gasteiger charge is -2.43. The largest absolute Gasteiger partial charge is 0.463 e. The topological polar surface area (TPSA) is 247 Å². The molecule has 0 spiro atoms. The van der Waals surface area contributed by atoms with Crippen molar-refractivity contribution in [3.05, 3.63) is 48.5 Å². The van der Waals surface area contributed by atoms with Crippen LogP contribution in [0.25, 0.3) is 11.1 Å². The van der Waals surface area contributed by atoms with Gasteiger partial charge in [0, 0.05) is 55.4 Å². The first-order valence-corrected chi connectivity index (χ1v) is 18.5. The smallest absolute Gasteiger partial charge is 0.303 e. The fourth-order valence-corrected chi connectivity index (χ4v) is 6.29. The number of carbonyl (C=O) groups is 8. The van der Waals surface area contributed by atoms with Gasteiger partial charge in [0.15, 0.2) is 24.4 Å². The lowest BCUT2D eigenvalue weighted by molar-refractivity contribution is -0.288. The van der Waals surface area contributed by atoms with Crippen molar-refractivity contribution in [2.24, 2.45) is 0 Å². The molecule has 60 heavy (non-hydrogen) atoms. The molecule has 0 bridgehead atoms. The van der Waals surface area contributed by atoms with Crippen LogP contribution >= 0.6 is 0 Å². The van der Waals surface area contributed by atoms with Gasteiger partial charge < -0.3 is 56.8 Å². The number of hydrogen-bond donors (Lipinski definition) is 0. The number of esters is 8. The van der Waals surface area contributed by atoms with Gasteiger partial charge in [-0.05, 0) is 35.4 Å². The Labute approximate surface area is 343 Å². The van der Waals surface area contributed by atoms with Crippen LogP contribution in [0.1, 0.15) is 55.4 Å². The molecule has 2 aromatic rings. The molecule has 0 saturated carbocycles. The molecule has 326 valence electrons.